The van der Waals surface area contributed by atoms with Crippen LogP contribution < -0.4 is 5.32 Å². The van der Waals surface area contributed by atoms with E-state index < -0.39 is 0 Å². The minimum absolute atomic E-state index is 0.269. The van der Waals surface area contributed by atoms with Crippen molar-refractivity contribution in [2.24, 2.45) is 5.92 Å². The molecular weight excluding hydrogens is 188 g/mol. The monoisotopic (exact) mass is 208 g/mol. The number of hydrogen-bond donors (Lipinski definition) is 1. The molecule has 0 unspecified atom stereocenters. The Morgan fingerprint density at radius 2 is 2.00 bits per heavy atom. The molecule has 3 heteroatoms. The summed E-state index contributed by atoms with van der Waals surface area (Å²) in [7, 11) is 0. The van der Waals surface area contributed by atoms with Crippen LogP contribution in [-0.4, -0.2) is 36.0 Å². The van der Waals surface area contributed by atoms with Gasteiger partial charge in [-0.05, 0) is 31.6 Å². The van der Waals surface area contributed by atoms with E-state index in [1.165, 1.54) is 38.6 Å². The van der Waals surface area contributed by atoms with Gasteiger partial charge in [0, 0.05) is 31.6 Å². The fraction of sp³-hybridized carbons (Fsp3) is 0.917. The minimum atomic E-state index is 0.269. The first-order chi connectivity index (χ1) is 7.33. The van der Waals surface area contributed by atoms with Crippen molar-refractivity contribution in [3.05, 3.63) is 0 Å². The van der Waals surface area contributed by atoms with Crippen molar-refractivity contribution in [3.8, 4) is 0 Å². The van der Waals surface area contributed by atoms with Gasteiger partial charge in [-0.25, -0.2) is 0 Å². The molecule has 1 N–H and O–H groups in total. The summed E-state index contributed by atoms with van der Waals surface area (Å²) in [5, 5.41) is 3.06. The van der Waals surface area contributed by atoms with Crippen molar-refractivity contribution in [2.75, 3.05) is 13.1 Å². The van der Waals surface area contributed by atoms with Gasteiger partial charge in [-0.3, -0.25) is 9.69 Å². The van der Waals surface area contributed by atoms with Crippen LogP contribution in [0.1, 0.15) is 38.5 Å². The van der Waals surface area contributed by atoms with Crippen LogP contribution in [-0.2, 0) is 4.79 Å². The zero-order valence-electron chi connectivity index (χ0n) is 9.24. The molecule has 0 spiro atoms. The molecule has 84 valence electrons. The Labute approximate surface area is 91.2 Å². The highest BCUT2D eigenvalue weighted by molar-refractivity contribution is 5.77. The number of nitrogens with zero attached hydrogens (tertiary/aromatic N) is 1. The van der Waals surface area contributed by atoms with Gasteiger partial charge in [0.25, 0.3) is 0 Å². The Kier molecular flexibility index (Phi) is 2.43. The maximum atomic E-state index is 11.5. The molecule has 15 heavy (non-hydrogen) atoms. The van der Waals surface area contributed by atoms with Gasteiger partial charge in [0.15, 0.2) is 0 Å². The fourth-order valence-electron chi connectivity index (χ4n) is 3.07. The third kappa shape index (κ3) is 2.03. The van der Waals surface area contributed by atoms with Crippen molar-refractivity contribution in [3.63, 3.8) is 0 Å². The number of rotatable bonds is 2. The van der Waals surface area contributed by atoms with Crippen LogP contribution in [0, 0.1) is 5.92 Å². The SMILES string of the molecule is O=C1C[C@H]2CCC[C@H](CN1)N2CC1CC1. The predicted octanol–water partition coefficient (Wildman–Crippen LogP) is 1.14. The third-order valence-corrected chi connectivity index (χ3v) is 4.13. The first-order valence-corrected chi connectivity index (χ1v) is 6.35. The summed E-state index contributed by atoms with van der Waals surface area (Å²) in [5.74, 6) is 1.21. The first kappa shape index (κ1) is 9.64. The van der Waals surface area contributed by atoms with E-state index >= 15 is 0 Å². The zero-order chi connectivity index (χ0) is 10.3. The van der Waals surface area contributed by atoms with Crippen molar-refractivity contribution in [1.82, 2.24) is 10.2 Å². The van der Waals surface area contributed by atoms with Gasteiger partial charge in [0.2, 0.25) is 5.91 Å². The van der Waals surface area contributed by atoms with E-state index in [1.807, 2.05) is 0 Å². The zero-order valence-corrected chi connectivity index (χ0v) is 9.24. The van der Waals surface area contributed by atoms with Crippen LogP contribution in [0.4, 0.5) is 0 Å². The van der Waals surface area contributed by atoms with Gasteiger partial charge in [0.05, 0.1) is 0 Å². The number of amides is 1. The summed E-state index contributed by atoms with van der Waals surface area (Å²) < 4.78 is 0. The highest BCUT2D eigenvalue weighted by Crippen LogP contribution is 2.35. The van der Waals surface area contributed by atoms with Gasteiger partial charge in [-0.2, -0.15) is 0 Å². The fourth-order valence-corrected chi connectivity index (χ4v) is 3.07. The lowest BCUT2D eigenvalue weighted by atomic mass is 9.94. The number of carbonyl (C=O) groups excluding carboxylic acids is 1. The van der Waals surface area contributed by atoms with E-state index in [0.717, 1.165) is 18.9 Å². The van der Waals surface area contributed by atoms with Crippen LogP contribution in [0.2, 0.25) is 0 Å². The Balaban J connectivity index is 1.74. The summed E-state index contributed by atoms with van der Waals surface area (Å²) in [5.41, 5.74) is 0. The third-order valence-electron chi connectivity index (χ3n) is 4.13. The summed E-state index contributed by atoms with van der Waals surface area (Å²) in [6.07, 6.45) is 7.39. The first-order valence-electron chi connectivity index (χ1n) is 6.35. The van der Waals surface area contributed by atoms with E-state index in [2.05, 4.69) is 10.2 Å². The smallest absolute Gasteiger partial charge is 0.221 e. The highest BCUT2D eigenvalue weighted by Gasteiger charge is 2.37. The van der Waals surface area contributed by atoms with Crippen LogP contribution in [0.5, 0.6) is 0 Å². The largest absolute Gasteiger partial charge is 0.354 e. The molecule has 2 saturated heterocycles. The lowest BCUT2D eigenvalue weighted by molar-refractivity contribution is -0.121. The molecule has 3 rings (SSSR count). The Hall–Kier alpha value is -0.570. The van der Waals surface area contributed by atoms with Crippen LogP contribution >= 0.6 is 0 Å². The molecule has 3 nitrogen and oxygen atoms in total. The topological polar surface area (TPSA) is 32.3 Å². The van der Waals surface area contributed by atoms with Gasteiger partial charge < -0.3 is 5.32 Å². The molecule has 2 aliphatic heterocycles. The van der Waals surface area contributed by atoms with E-state index in [4.69, 9.17) is 0 Å². The second-order valence-corrected chi connectivity index (χ2v) is 5.39. The molecule has 0 aromatic carbocycles. The molecule has 0 aromatic rings. The van der Waals surface area contributed by atoms with Gasteiger partial charge in [0.1, 0.15) is 0 Å². The molecule has 2 bridgehead atoms. The molecule has 0 aromatic heterocycles. The van der Waals surface area contributed by atoms with Crippen molar-refractivity contribution in [2.45, 2.75) is 50.6 Å². The molecular formula is C12H20N2O. The lowest BCUT2D eigenvalue weighted by Crippen LogP contribution is -2.48. The van der Waals surface area contributed by atoms with E-state index in [1.54, 1.807) is 0 Å². The van der Waals surface area contributed by atoms with Crippen LogP contribution in [0.15, 0.2) is 0 Å². The second kappa shape index (κ2) is 3.78. The van der Waals surface area contributed by atoms with Gasteiger partial charge in [-0.1, -0.05) is 6.42 Å². The molecule has 2 heterocycles. The highest BCUT2D eigenvalue weighted by atomic mass is 16.1. The standard InChI is InChI=1S/C12H20N2O/c15-12-6-10-2-1-3-11(7-13-12)14(10)8-9-4-5-9/h9-11H,1-8H2,(H,13,15)/t10-,11-/m1/s1. The Bertz CT molecular complexity index is 262. The average molecular weight is 208 g/mol. The number of hydrogen-bond acceptors (Lipinski definition) is 2. The normalized spacial score (nSPS) is 37.2. The Morgan fingerprint density at radius 3 is 2.80 bits per heavy atom. The van der Waals surface area contributed by atoms with Crippen molar-refractivity contribution < 1.29 is 4.79 Å². The van der Waals surface area contributed by atoms with E-state index in [9.17, 15) is 4.79 Å². The molecule has 1 amide bonds. The molecule has 3 aliphatic rings. The number of piperidine rings is 1. The summed E-state index contributed by atoms with van der Waals surface area (Å²) in [6.45, 7) is 2.15. The van der Waals surface area contributed by atoms with Crippen molar-refractivity contribution >= 4 is 5.91 Å². The van der Waals surface area contributed by atoms with E-state index in [0.29, 0.717) is 12.1 Å². The van der Waals surface area contributed by atoms with Gasteiger partial charge in [-0.15, -0.1) is 0 Å². The maximum Gasteiger partial charge on any atom is 0.221 e. The van der Waals surface area contributed by atoms with Crippen LogP contribution in [0.25, 0.3) is 0 Å². The lowest BCUT2D eigenvalue weighted by Gasteiger charge is -2.40. The number of carbonyl (C=O) groups is 1. The minimum Gasteiger partial charge on any atom is -0.354 e. The van der Waals surface area contributed by atoms with Gasteiger partial charge >= 0.3 is 0 Å². The summed E-state index contributed by atoms with van der Waals surface area (Å²) in [6, 6.07) is 1.18. The molecule has 3 fully saturated rings. The summed E-state index contributed by atoms with van der Waals surface area (Å²) in [4.78, 5) is 14.2. The second-order valence-electron chi connectivity index (χ2n) is 5.39. The number of nitrogens with one attached hydrogen (secondary N) is 1. The molecule has 1 aliphatic carbocycles. The summed E-state index contributed by atoms with van der Waals surface area (Å²) >= 11 is 0. The quantitative estimate of drug-likeness (QED) is 0.738. The maximum absolute atomic E-state index is 11.5. The molecule has 2 atom stereocenters. The molecule has 1 saturated carbocycles. The van der Waals surface area contributed by atoms with Crippen LogP contribution in [0.3, 0.4) is 0 Å². The van der Waals surface area contributed by atoms with Crippen molar-refractivity contribution in [1.29, 1.82) is 0 Å². The average Bonchev–Trinajstić information content (AvgIpc) is 3.02. The molecule has 0 radical (unpaired) electrons. The van der Waals surface area contributed by atoms with E-state index in [-0.39, 0.29) is 5.91 Å². The number of fused-ring (bicyclic) bond motifs is 2. The Morgan fingerprint density at radius 1 is 1.20 bits per heavy atom. The predicted molar refractivity (Wildman–Crippen MR) is 58.5 cm³/mol.